The van der Waals surface area contributed by atoms with Crippen molar-refractivity contribution in [2.75, 3.05) is 13.1 Å². The number of fused-ring (bicyclic) bond motifs is 1. The van der Waals surface area contributed by atoms with E-state index in [9.17, 15) is 18.0 Å². The topological polar surface area (TPSA) is 107 Å². The molecule has 198 valence electrons. The van der Waals surface area contributed by atoms with Crippen molar-refractivity contribution in [1.29, 1.82) is 0 Å². The largest absolute Gasteiger partial charge is 0.490 e. The van der Waals surface area contributed by atoms with Crippen LogP contribution in [-0.4, -0.2) is 46.2 Å². The Morgan fingerprint density at radius 1 is 1.11 bits per heavy atom. The molecule has 1 amide bonds. The number of carbonyl (C=O) groups excluding carboxylic acids is 1. The zero-order valence-corrected chi connectivity index (χ0v) is 21.0. The van der Waals surface area contributed by atoms with E-state index in [4.69, 9.17) is 9.90 Å². The van der Waals surface area contributed by atoms with E-state index in [1.165, 1.54) is 10.4 Å². The number of carboxylic acids is 1. The second-order valence-corrected chi connectivity index (χ2v) is 9.55. The van der Waals surface area contributed by atoms with Gasteiger partial charge in [-0.2, -0.15) is 13.2 Å². The van der Waals surface area contributed by atoms with Crippen LogP contribution in [0.2, 0.25) is 0 Å². The van der Waals surface area contributed by atoms with Gasteiger partial charge in [0.1, 0.15) is 0 Å². The van der Waals surface area contributed by atoms with Gasteiger partial charge in [0.25, 0.3) is 5.91 Å². The first-order valence-electron chi connectivity index (χ1n) is 11.8. The number of nitrogens with one attached hydrogen (secondary N) is 3. The third-order valence-corrected chi connectivity index (χ3v) is 6.73. The maximum Gasteiger partial charge on any atom is 0.490 e. The molecule has 1 aliphatic heterocycles. The van der Waals surface area contributed by atoms with Crippen LogP contribution < -0.4 is 10.6 Å². The number of amides is 1. The zero-order chi connectivity index (χ0) is 27.1. The molecule has 1 aromatic carbocycles. The van der Waals surface area contributed by atoms with Crippen molar-refractivity contribution in [2.24, 2.45) is 0 Å². The Hall–Kier alpha value is -3.96. The summed E-state index contributed by atoms with van der Waals surface area (Å²) in [6.07, 6.45) is -1.36. The lowest BCUT2D eigenvalue weighted by atomic mass is 10.0. The first-order valence-corrected chi connectivity index (χ1v) is 12.7. The lowest BCUT2D eigenvalue weighted by molar-refractivity contribution is -0.192. The summed E-state index contributed by atoms with van der Waals surface area (Å²) in [6.45, 7) is 2.47. The van der Waals surface area contributed by atoms with E-state index >= 15 is 0 Å². The molecule has 11 heteroatoms. The maximum absolute atomic E-state index is 12.1. The molecule has 0 radical (unpaired) electrons. The molecule has 0 saturated carbocycles. The average Bonchev–Trinajstić information content (AvgIpc) is 3.58. The van der Waals surface area contributed by atoms with E-state index in [0.29, 0.717) is 6.54 Å². The van der Waals surface area contributed by atoms with Gasteiger partial charge in [-0.3, -0.25) is 9.78 Å². The molecule has 4 N–H and O–H groups in total. The number of aromatic nitrogens is 2. The highest BCUT2D eigenvalue weighted by atomic mass is 32.1. The molecule has 1 aliphatic rings. The Kier molecular flexibility index (Phi) is 8.59. The highest BCUT2D eigenvalue weighted by Gasteiger charge is 2.38. The molecule has 38 heavy (non-hydrogen) atoms. The molecule has 0 aliphatic carbocycles. The van der Waals surface area contributed by atoms with Crippen LogP contribution in [0, 0.1) is 0 Å². The zero-order valence-electron chi connectivity index (χ0n) is 20.1. The summed E-state index contributed by atoms with van der Waals surface area (Å²) in [7, 11) is 0. The van der Waals surface area contributed by atoms with Crippen LogP contribution in [0.5, 0.6) is 0 Å². The predicted octanol–water partition coefficient (Wildman–Crippen LogP) is 5.06. The molecule has 0 bridgehead atoms. The Morgan fingerprint density at radius 2 is 1.92 bits per heavy atom. The molecule has 7 nitrogen and oxygen atoms in total. The number of thiophene rings is 1. The van der Waals surface area contributed by atoms with Gasteiger partial charge >= 0.3 is 12.1 Å². The van der Waals surface area contributed by atoms with E-state index in [1.54, 1.807) is 11.3 Å². The quantitative estimate of drug-likeness (QED) is 0.244. The molecular formula is C27H25F3N4O3S. The number of rotatable bonds is 7. The van der Waals surface area contributed by atoms with Crippen LogP contribution >= 0.6 is 11.3 Å². The van der Waals surface area contributed by atoms with Crippen LogP contribution in [0.4, 0.5) is 13.2 Å². The van der Waals surface area contributed by atoms with Crippen LogP contribution in [0.25, 0.3) is 22.5 Å². The summed E-state index contributed by atoms with van der Waals surface area (Å²) in [5.74, 6) is -2.76. The summed E-state index contributed by atoms with van der Waals surface area (Å²) in [5.41, 5.74) is 7.00. The van der Waals surface area contributed by atoms with Gasteiger partial charge < -0.3 is 20.7 Å². The summed E-state index contributed by atoms with van der Waals surface area (Å²) < 4.78 is 31.7. The summed E-state index contributed by atoms with van der Waals surface area (Å²) in [6, 6.07) is 18.8. The monoisotopic (exact) mass is 542 g/mol. The molecule has 0 saturated heterocycles. The molecule has 0 fully saturated rings. The van der Waals surface area contributed by atoms with Crippen molar-refractivity contribution < 1.29 is 27.9 Å². The van der Waals surface area contributed by atoms with Crippen LogP contribution in [0.3, 0.4) is 0 Å². The first-order chi connectivity index (χ1) is 18.2. The van der Waals surface area contributed by atoms with E-state index in [-0.39, 0.29) is 5.91 Å². The third-order valence-electron chi connectivity index (χ3n) is 5.80. The molecule has 0 atom stereocenters. The number of carboxylic acid groups (broad SMARTS) is 1. The number of carbonyl (C=O) groups is 2. The minimum Gasteiger partial charge on any atom is -0.475 e. The van der Waals surface area contributed by atoms with Crippen molar-refractivity contribution in [2.45, 2.75) is 25.6 Å². The second-order valence-electron chi connectivity index (χ2n) is 8.52. The van der Waals surface area contributed by atoms with Gasteiger partial charge in [-0.25, -0.2) is 4.79 Å². The normalized spacial score (nSPS) is 12.8. The van der Waals surface area contributed by atoms with Crippen molar-refractivity contribution in [3.8, 4) is 22.5 Å². The molecule has 0 unspecified atom stereocenters. The van der Waals surface area contributed by atoms with Gasteiger partial charge in [0.15, 0.2) is 0 Å². The van der Waals surface area contributed by atoms with E-state index in [1.807, 2.05) is 18.3 Å². The van der Waals surface area contributed by atoms with Gasteiger partial charge in [-0.05, 0) is 47.7 Å². The lowest BCUT2D eigenvalue weighted by Crippen LogP contribution is -2.31. The van der Waals surface area contributed by atoms with Crippen LogP contribution in [0.15, 0.2) is 66.2 Å². The molecule has 3 aromatic heterocycles. The van der Waals surface area contributed by atoms with Crippen LogP contribution in [-0.2, 0) is 24.2 Å². The molecule has 4 aromatic rings. The third kappa shape index (κ3) is 7.08. The van der Waals surface area contributed by atoms with Gasteiger partial charge in [-0.1, -0.05) is 24.3 Å². The predicted molar refractivity (Wildman–Crippen MR) is 139 cm³/mol. The number of hydrogen-bond acceptors (Lipinski definition) is 5. The van der Waals surface area contributed by atoms with Gasteiger partial charge in [0.2, 0.25) is 0 Å². The number of hydrogen-bond donors (Lipinski definition) is 4. The fourth-order valence-corrected chi connectivity index (χ4v) is 4.65. The van der Waals surface area contributed by atoms with Gasteiger partial charge in [0, 0.05) is 59.6 Å². The van der Waals surface area contributed by atoms with Crippen LogP contribution in [0.1, 0.15) is 26.5 Å². The number of aromatic amines is 1. The Bertz CT molecular complexity index is 1400. The summed E-state index contributed by atoms with van der Waals surface area (Å²) >= 11 is 1.80. The smallest absolute Gasteiger partial charge is 0.475 e. The highest BCUT2D eigenvalue weighted by molar-refractivity contribution is 7.09. The molecular weight excluding hydrogens is 517 g/mol. The number of halogens is 3. The highest BCUT2D eigenvalue weighted by Crippen LogP contribution is 2.27. The maximum atomic E-state index is 12.1. The number of H-pyrrole nitrogens is 1. The van der Waals surface area contributed by atoms with Crippen molar-refractivity contribution in [1.82, 2.24) is 20.6 Å². The minimum absolute atomic E-state index is 0.00249. The summed E-state index contributed by atoms with van der Waals surface area (Å²) in [5, 5.41) is 15.7. The van der Waals surface area contributed by atoms with Crippen molar-refractivity contribution >= 4 is 23.2 Å². The Morgan fingerprint density at radius 3 is 2.63 bits per heavy atom. The van der Waals surface area contributed by atoms with Crippen molar-refractivity contribution in [3.05, 3.63) is 87.9 Å². The average molecular weight is 543 g/mol. The molecule has 0 spiro atoms. The second kappa shape index (κ2) is 12.1. The fourth-order valence-electron chi connectivity index (χ4n) is 3.94. The van der Waals surface area contributed by atoms with E-state index in [2.05, 4.69) is 68.4 Å². The molecule has 4 heterocycles. The number of pyridine rings is 1. The Labute approximate surface area is 220 Å². The van der Waals surface area contributed by atoms with E-state index in [0.717, 1.165) is 59.7 Å². The number of alkyl halides is 3. The summed E-state index contributed by atoms with van der Waals surface area (Å²) in [4.78, 5) is 30.4. The fraction of sp³-hybridized carbons (Fsp3) is 0.222. The van der Waals surface area contributed by atoms with Gasteiger partial charge in [0.05, 0.1) is 11.3 Å². The first kappa shape index (κ1) is 27.1. The van der Waals surface area contributed by atoms with E-state index < -0.39 is 12.1 Å². The lowest BCUT2D eigenvalue weighted by Gasteiger charge is -2.11. The SMILES string of the molecule is O=C(O)C(F)(F)F.O=C1NCCc2[nH]c(-c3ccnc(-c4cccc(CNCCc5cccs5)c4)c3)cc21. The Balaban J connectivity index is 0.000000426. The minimum atomic E-state index is -5.08. The van der Waals surface area contributed by atoms with Gasteiger partial charge in [-0.15, -0.1) is 11.3 Å². The number of nitrogens with zero attached hydrogens (tertiary/aromatic N) is 1. The number of aliphatic carboxylic acids is 1. The standard InChI is InChI=1S/C25H24N4OS.C2HF3O2/c30-25-21-15-24(29-22(21)8-11-28-25)19-6-10-27-23(14-19)18-4-1-3-17(13-18)16-26-9-7-20-5-2-12-31-20;3-2(4,5)1(6)7/h1-6,10,12-15,26,29H,7-9,11,16H2,(H,28,30);(H,6,7). The number of benzene rings is 1. The van der Waals surface area contributed by atoms with Crippen molar-refractivity contribution in [3.63, 3.8) is 0 Å². The molecule has 5 rings (SSSR count).